The van der Waals surface area contributed by atoms with E-state index in [1.165, 1.54) is 4.31 Å². The third-order valence-electron chi connectivity index (χ3n) is 3.48. The van der Waals surface area contributed by atoms with Crippen LogP contribution in [0.25, 0.3) is 0 Å². The smallest absolute Gasteiger partial charge is 0.325 e. The minimum absolute atomic E-state index is 0.0628. The molecule has 0 aliphatic carbocycles. The molecule has 3 N–H and O–H groups in total. The number of carboxylic acids is 1. The summed E-state index contributed by atoms with van der Waals surface area (Å²) >= 11 is 0. The molecule has 0 radical (unpaired) electrons. The van der Waals surface area contributed by atoms with Gasteiger partial charge in [0.2, 0.25) is 10.0 Å². The maximum absolute atomic E-state index is 12.2. The highest BCUT2D eigenvalue weighted by Crippen LogP contribution is 2.22. The Morgan fingerprint density at radius 1 is 1.45 bits per heavy atom. The van der Waals surface area contributed by atoms with Crippen molar-refractivity contribution in [1.29, 1.82) is 0 Å². The summed E-state index contributed by atoms with van der Waals surface area (Å²) in [6.45, 7) is -0.0114. The third kappa shape index (κ3) is 3.14. The van der Waals surface area contributed by atoms with Gasteiger partial charge < -0.3 is 10.8 Å². The van der Waals surface area contributed by atoms with Crippen molar-refractivity contribution in [1.82, 2.24) is 9.29 Å². The lowest BCUT2D eigenvalue weighted by atomic mass is 10.0. The van der Waals surface area contributed by atoms with E-state index < -0.39 is 21.5 Å². The van der Waals surface area contributed by atoms with Gasteiger partial charge in [0, 0.05) is 25.5 Å². The van der Waals surface area contributed by atoms with Gasteiger partial charge in [0.1, 0.15) is 5.54 Å². The van der Waals surface area contributed by atoms with E-state index in [9.17, 15) is 13.2 Å². The summed E-state index contributed by atoms with van der Waals surface area (Å²) in [7, 11) is -3.49. The number of carbonyl (C=O) groups is 1. The van der Waals surface area contributed by atoms with Crippen molar-refractivity contribution < 1.29 is 18.3 Å². The zero-order valence-corrected chi connectivity index (χ0v) is 11.7. The van der Waals surface area contributed by atoms with Crippen molar-refractivity contribution in [3.63, 3.8) is 0 Å². The topological polar surface area (TPSA) is 114 Å². The Morgan fingerprint density at radius 3 is 2.65 bits per heavy atom. The van der Waals surface area contributed by atoms with Crippen LogP contribution in [-0.4, -0.2) is 53.2 Å². The highest BCUT2D eigenvalue weighted by Gasteiger charge is 2.44. The molecule has 0 saturated carbocycles. The van der Waals surface area contributed by atoms with Gasteiger partial charge in [-0.1, -0.05) is 0 Å². The molecule has 8 heteroatoms. The number of aryl methyl sites for hydroxylation is 1. The van der Waals surface area contributed by atoms with Crippen LogP contribution in [0.4, 0.5) is 0 Å². The molecule has 2 heterocycles. The molecule has 110 valence electrons. The Kier molecular flexibility index (Phi) is 4.07. The minimum Gasteiger partial charge on any atom is -0.480 e. The van der Waals surface area contributed by atoms with Gasteiger partial charge in [0.25, 0.3) is 0 Å². The second-order valence-corrected chi connectivity index (χ2v) is 7.05. The Labute approximate surface area is 117 Å². The molecule has 1 aliphatic heterocycles. The molecule has 1 aromatic rings. The second kappa shape index (κ2) is 5.47. The third-order valence-corrected chi connectivity index (χ3v) is 5.30. The van der Waals surface area contributed by atoms with Crippen molar-refractivity contribution in [2.45, 2.75) is 18.4 Å². The van der Waals surface area contributed by atoms with Gasteiger partial charge in [-0.25, -0.2) is 8.42 Å². The highest BCUT2D eigenvalue weighted by atomic mass is 32.2. The Morgan fingerprint density at radius 2 is 2.10 bits per heavy atom. The normalized spacial score (nSPS) is 23.9. The van der Waals surface area contributed by atoms with E-state index in [2.05, 4.69) is 4.98 Å². The van der Waals surface area contributed by atoms with Gasteiger partial charge in [0.15, 0.2) is 0 Å². The summed E-state index contributed by atoms with van der Waals surface area (Å²) in [4.78, 5) is 14.9. The maximum atomic E-state index is 12.2. The standard InChI is InChI=1S/C12H17N3O4S/c13-12(11(16)17)4-7-15(9-12)20(18,19)8-3-10-1-5-14-6-2-10/h1-2,5-6H,3-4,7-9,13H2,(H,16,17). The first-order valence-corrected chi connectivity index (χ1v) is 7.83. The minimum atomic E-state index is -3.49. The van der Waals surface area contributed by atoms with Gasteiger partial charge >= 0.3 is 5.97 Å². The Hall–Kier alpha value is -1.51. The van der Waals surface area contributed by atoms with Crippen molar-refractivity contribution >= 4 is 16.0 Å². The number of aromatic nitrogens is 1. The van der Waals surface area contributed by atoms with Crippen LogP contribution in [0, 0.1) is 0 Å². The molecule has 20 heavy (non-hydrogen) atoms. The van der Waals surface area contributed by atoms with E-state index in [0.717, 1.165) is 5.56 Å². The van der Waals surface area contributed by atoms with E-state index in [0.29, 0.717) is 6.42 Å². The van der Waals surface area contributed by atoms with Crippen LogP contribution >= 0.6 is 0 Å². The number of aliphatic carboxylic acids is 1. The van der Waals surface area contributed by atoms with E-state index in [1.807, 2.05) is 0 Å². The number of carboxylic acid groups (broad SMARTS) is 1. The number of hydrogen-bond donors (Lipinski definition) is 2. The number of sulfonamides is 1. The fraction of sp³-hybridized carbons (Fsp3) is 0.500. The number of rotatable bonds is 5. The Bertz CT molecular complexity index is 590. The van der Waals surface area contributed by atoms with E-state index in [1.54, 1.807) is 24.5 Å². The molecular weight excluding hydrogens is 282 g/mol. The molecule has 2 rings (SSSR count). The predicted molar refractivity (Wildman–Crippen MR) is 72.5 cm³/mol. The first-order valence-electron chi connectivity index (χ1n) is 6.22. The number of pyridine rings is 1. The molecule has 1 aromatic heterocycles. The molecule has 1 aliphatic rings. The summed E-state index contributed by atoms with van der Waals surface area (Å²) in [6.07, 6.45) is 3.71. The van der Waals surface area contributed by atoms with Crippen LogP contribution in [0.3, 0.4) is 0 Å². The van der Waals surface area contributed by atoms with Crippen molar-refractivity contribution in [3.05, 3.63) is 30.1 Å². The van der Waals surface area contributed by atoms with Gasteiger partial charge in [-0.2, -0.15) is 4.31 Å². The zero-order valence-electron chi connectivity index (χ0n) is 10.9. The maximum Gasteiger partial charge on any atom is 0.325 e. The van der Waals surface area contributed by atoms with Crippen LogP contribution < -0.4 is 5.73 Å². The SMILES string of the molecule is NC1(C(=O)O)CCN(S(=O)(=O)CCc2ccncc2)C1. The van der Waals surface area contributed by atoms with E-state index in [-0.39, 0.29) is 25.3 Å². The lowest BCUT2D eigenvalue weighted by Gasteiger charge is -2.20. The largest absolute Gasteiger partial charge is 0.480 e. The average molecular weight is 299 g/mol. The number of hydrogen-bond acceptors (Lipinski definition) is 5. The summed E-state index contributed by atoms with van der Waals surface area (Å²) in [5, 5.41) is 9.01. The van der Waals surface area contributed by atoms with Crippen LogP contribution in [0.5, 0.6) is 0 Å². The summed E-state index contributed by atoms with van der Waals surface area (Å²) in [5.41, 5.74) is 5.09. The molecule has 0 aromatic carbocycles. The monoisotopic (exact) mass is 299 g/mol. The number of nitrogens with two attached hydrogens (primary N) is 1. The molecule has 0 spiro atoms. The van der Waals surface area contributed by atoms with E-state index in [4.69, 9.17) is 10.8 Å². The first kappa shape index (κ1) is 14.9. The first-order chi connectivity index (χ1) is 9.33. The predicted octanol–water partition coefficient (Wildman–Crippen LogP) is -0.558. The van der Waals surface area contributed by atoms with Crippen molar-refractivity contribution in [2.24, 2.45) is 5.73 Å². The van der Waals surface area contributed by atoms with Gasteiger partial charge in [0.05, 0.1) is 5.75 Å². The summed E-state index contributed by atoms with van der Waals surface area (Å²) in [6, 6.07) is 3.51. The van der Waals surface area contributed by atoms with E-state index >= 15 is 0 Å². The average Bonchev–Trinajstić information content (AvgIpc) is 2.83. The van der Waals surface area contributed by atoms with Gasteiger partial charge in [-0.15, -0.1) is 0 Å². The molecule has 1 saturated heterocycles. The van der Waals surface area contributed by atoms with Crippen LogP contribution in [0.2, 0.25) is 0 Å². The molecule has 1 unspecified atom stereocenters. The molecule has 7 nitrogen and oxygen atoms in total. The van der Waals surface area contributed by atoms with Crippen LogP contribution in [0.1, 0.15) is 12.0 Å². The molecule has 1 fully saturated rings. The quantitative estimate of drug-likeness (QED) is 0.753. The lowest BCUT2D eigenvalue weighted by molar-refractivity contribution is -0.142. The fourth-order valence-electron chi connectivity index (χ4n) is 2.13. The molecule has 0 amide bonds. The molecule has 0 bridgehead atoms. The summed E-state index contributed by atoms with van der Waals surface area (Å²) in [5.74, 6) is -1.23. The lowest BCUT2D eigenvalue weighted by Crippen LogP contribution is -2.50. The number of nitrogens with zero attached hydrogens (tertiary/aromatic N) is 2. The van der Waals surface area contributed by atoms with Crippen molar-refractivity contribution in [2.75, 3.05) is 18.8 Å². The molecule has 1 atom stereocenters. The Balaban J connectivity index is 2.00. The van der Waals surface area contributed by atoms with Crippen LogP contribution in [0.15, 0.2) is 24.5 Å². The second-order valence-electron chi connectivity index (χ2n) is 4.97. The van der Waals surface area contributed by atoms with Crippen LogP contribution in [-0.2, 0) is 21.2 Å². The fourth-order valence-corrected chi connectivity index (χ4v) is 3.68. The summed E-state index contributed by atoms with van der Waals surface area (Å²) < 4.78 is 25.5. The zero-order chi connectivity index (χ0) is 14.8. The molecular formula is C12H17N3O4S. The highest BCUT2D eigenvalue weighted by molar-refractivity contribution is 7.89. The van der Waals surface area contributed by atoms with Gasteiger partial charge in [-0.3, -0.25) is 9.78 Å². The van der Waals surface area contributed by atoms with Gasteiger partial charge in [-0.05, 0) is 30.5 Å². The van der Waals surface area contributed by atoms with Crippen molar-refractivity contribution in [3.8, 4) is 0 Å².